The second-order valence-electron chi connectivity index (χ2n) is 5.67. The van der Waals surface area contributed by atoms with E-state index in [4.69, 9.17) is 10.5 Å². The number of anilines is 2. The standard InChI is InChI=1S/C18H21N3O3/c1-11(2)24-15-7-8-16(12(3)9-15)21-17(22)13-5-4-6-14(10-13)20-18(19)23/h4-11H,1-3H3,(H,21,22)(H3,19,20,23). The van der Waals surface area contributed by atoms with Crippen molar-refractivity contribution in [3.05, 3.63) is 53.6 Å². The van der Waals surface area contributed by atoms with E-state index in [-0.39, 0.29) is 12.0 Å². The summed E-state index contributed by atoms with van der Waals surface area (Å²) >= 11 is 0. The zero-order valence-corrected chi connectivity index (χ0v) is 13.9. The van der Waals surface area contributed by atoms with Crippen molar-refractivity contribution in [2.75, 3.05) is 10.6 Å². The predicted octanol–water partition coefficient (Wildman–Crippen LogP) is 3.53. The first-order valence-corrected chi connectivity index (χ1v) is 7.60. The van der Waals surface area contributed by atoms with Crippen LogP contribution in [0, 0.1) is 6.92 Å². The number of rotatable bonds is 5. The van der Waals surface area contributed by atoms with E-state index in [9.17, 15) is 9.59 Å². The van der Waals surface area contributed by atoms with Crippen molar-refractivity contribution in [2.24, 2.45) is 5.73 Å². The Hall–Kier alpha value is -3.02. The Morgan fingerprint density at radius 2 is 1.83 bits per heavy atom. The number of carbonyl (C=O) groups excluding carboxylic acids is 2. The number of urea groups is 1. The molecule has 6 nitrogen and oxygen atoms in total. The van der Waals surface area contributed by atoms with Gasteiger partial charge < -0.3 is 21.1 Å². The molecule has 0 saturated carbocycles. The van der Waals surface area contributed by atoms with E-state index >= 15 is 0 Å². The monoisotopic (exact) mass is 327 g/mol. The van der Waals surface area contributed by atoms with Gasteiger partial charge in [0.1, 0.15) is 5.75 Å². The van der Waals surface area contributed by atoms with Gasteiger partial charge in [0.15, 0.2) is 0 Å². The van der Waals surface area contributed by atoms with E-state index < -0.39 is 6.03 Å². The summed E-state index contributed by atoms with van der Waals surface area (Å²) in [5.41, 5.74) is 7.56. The summed E-state index contributed by atoms with van der Waals surface area (Å²) in [5, 5.41) is 5.29. The number of ether oxygens (including phenoxy) is 1. The normalized spacial score (nSPS) is 10.3. The number of benzene rings is 2. The molecule has 0 aromatic heterocycles. The van der Waals surface area contributed by atoms with Crippen molar-refractivity contribution >= 4 is 23.3 Å². The van der Waals surface area contributed by atoms with E-state index in [2.05, 4.69) is 10.6 Å². The smallest absolute Gasteiger partial charge is 0.316 e. The Morgan fingerprint density at radius 1 is 1.08 bits per heavy atom. The largest absolute Gasteiger partial charge is 0.491 e. The SMILES string of the molecule is Cc1cc(OC(C)C)ccc1NC(=O)c1cccc(NC(N)=O)c1. The molecule has 2 rings (SSSR count). The van der Waals surface area contributed by atoms with Crippen LogP contribution in [0.3, 0.4) is 0 Å². The number of nitrogens with one attached hydrogen (secondary N) is 2. The molecule has 0 spiro atoms. The average molecular weight is 327 g/mol. The number of amides is 3. The van der Waals surface area contributed by atoms with Gasteiger partial charge in [-0.1, -0.05) is 6.07 Å². The van der Waals surface area contributed by atoms with Crippen LogP contribution in [0.15, 0.2) is 42.5 Å². The van der Waals surface area contributed by atoms with Gasteiger partial charge in [-0.15, -0.1) is 0 Å². The Morgan fingerprint density at radius 3 is 2.46 bits per heavy atom. The molecule has 3 amide bonds. The highest BCUT2D eigenvalue weighted by Crippen LogP contribution is 2.23. The van der Waals surface area contributed by atoms with Gasteiger partial charge in [-0.05, 0) is 62.7 Å². The van der Waals surface area contributed by atoms with Crippen LogP contribution >= 0.6 is 0 Å². The Labute approximate surface area is 141 Å². The highest BCUT2D eigenvalue weighted by Gasteiger charge is 2.10. The van der Waals surface area contributed by atoms with Crippen LogP contribution in [0.5, 0.6) is 5.75 Å². The van der Waals surface area contributed by atoms with Gasteiger partial charge in [0, 0.05) is 16.9 Å². The van der Waals surface area contributed by atoms with Crippen molar-refractivity contribution in [1.82, 2.24) is 0 Å². The fraction of sp³-hybridized carbons (Fsp3) is 0.222. The van der Waals surface area contributed by atoms with Gasteiger partial charge in [-0.2, -0.15) is 0 Å². The lowest BCUT2D eigenvalue weighted by Crippen LogP contribution is -2.20. The number of carbonyl (C=O) groups is 2. The van der Waals surface area contributed by atoms with Crippen molar-refractivity contribution in [3.63, 3.8) is 0 Å². The summed E-state index contributed by atoms with van der Waals surface area (Å²) in [6.45, 7) is 5.81. The summed E-state index contributed by atoms with van der Waals surface area (Å²) in [6.07, 6.45) is 0.0883. The highest BCUT2D eigenvalue weighted by molar-refractivity contribution is 6.05. The zero-order chi connectivity index (χ0) is 17.7. The zero-order valence-electron chi connectivity index (χ0n) is 13.9. The maximum atomic E-state index is 12.4. The Bertz CT molecular complexity index is 757. The highest BCUT2D eigenvalue weighted by atomic mass is 16.5. The van der Waals surface area contributed by atoms with Gasteiger partial charge in [0.05, 0.1) is 6.10 Å². The van der Waals surface area contributed by atoms with Crippen molar-refractivity contribution in [1.29, 1.82) is 0 Å². The molecule has 0 aliphatic rings. The van der Waals surface area contributed by atoms with E-state index in [1.165, 1.54) is 0 Å². The van der Waals surface area contributed by atoms with Gasteiger partial charge in [-0.3, -0.25) is 4.79 Å². The average Bonchev–Trinajstić information content (AvgIpc) is 2.49. The number of aryl methyl sites for hydroxylation is 1. The molecule has 2 aromatic rings. The minimum atomic E-state index is -0.677. The lowest BCUT2D eigenvalue weighted by molar-refractivity contribution is 0.102. The molecule has 0 fully saturated rings. The first-order valence-electron chi connectivity index (χ1n) is 7.60. The number of primary amides is 1. The minimum Gasteiger partial charge on any atom is -0.491 e. The molecule has 0 aliphatic heterocycles. The lowest BCUT2D eigenvalue weighted by Gasteiger charge is -2.13. The fourth-order valence-electron chi connectivity index (χ4n) is 2.20. The Balaban J connectivity index is 2.13. The van der Waals surface area contributed by atoms with E-state index in [1.54, 1.807) is 30.3 Å². The van der Waals surface area contributed by atoms with Crippen LogP contribution in [0.4, 0.5) is 16.2 Å². The number of hydrogen-bond donors (Lipinski definition) is 3. The molecular weight excluding hydrogens is 306 g/mol. The maximum absolute atomic E-state index is 12.4. The first kappa shape index (κ1) is 17.3. The third kappa shape index (κ3) is 4.74. The lowest BCUT2D eigenvalue weighted by atomic mass is 10.1. The fourth-order valence-corrected chi connectivity index (χ4v) is 2.20. The molecular formula is C18H21N3O3. The minimum absolute atomic E-state index is 0.0883. The molecule has 0 bridgehead atoms. The van der Waals surface area contributed by atoms with Crippen LogP contribution in [0.1, 0.15) is 29.8 Å². The van der Waals surface area contributed by atoms with Gasteiger partial charge >= 0.3 is 6.03 Å². The molecule has 0 saturated heterocycles. The van der Waals surface area contributed by atoms with Crippen LogP contribution in [-0.2, 0) is 0 Å². The van der Waals surface area contributed by atoms with Gasteiger partial charge in [-0.25, -0.2) is 4.79 Å². The molecule has 24 heavy (non-hydrogen) atoms. The molecule has 0 heterocycles. The maximum Gasteiger partial charge on any atom is 0.316 e. The third-order valence-corrected chi connectivity index (χ3v) is 3.21. The second-order valence-corrected chi connectivity index (χ2v) is 5.67. The van der Waals surface area contributed by atoms with E-state index in [0.717, 1.165) is 11.3 Å². The van der Waals surface area contributed by atoms with Crippen LogP contribution < -0.4 is 21.1 Å². The summed E-state index contributed by atoms with van der Waals surface area (Å²) < 4.78 is 5.63. The van der Waals surface area contributed by atoms with Gasteiger partial charge in [0.25, 0.3) is 5.91 Å². The third-order valence-electron chi connectivity index (χ3n) is 3.21. The van der Waals surface area contributed by atoms with Crippen molar-refractivity contribution in [3.8, 4) is 5.75 Å². The molecule has 4 N–H and O–H groups in total. The van der Waals surface area contributed by atoms with Gasteiger partial charge in [0.2, 0.25) is 0 Å². The molecule has 126 valence electrons. The molecule has 6 heteroatoms. The first-order chi connectivity index (χ1) is 11.3. The van der Waals surface area contributed by atoms with E-state index in [1.807, 2.05) is 32.9 Å². The topological polar surface area (TPSA) is 93.4 Å². The molecule has 0 aliphatic carbocycles. The van der Waals surface area contributed by atoms with Crippen LogP contribution in [0.25, 0.3) is 0 Å². The molecule has 2 aromatic carbocycles. The number of hydrogen-bond acceptors (Lipinski definition) is 3. The molecule has 0 atom stereocenters. The van der Waals surface area contributed by atoms with Crippen LogP contribution in [0.2, 0.25) is 0 Å². The van der Waals surface area contributed by atoms with Crippen molar-refractivity contribution in [2.45, 2.75) is 26.9 Å². The Kier molecular flexibility index (Phi) is 5.42. The predicted molar refractivity (Wildman–Crippen MR) is 94.5 cm³/mol. The summed E-state index contributed by atoms with van der Waals surface area (Å²) in [5.74, 6) is 0.483. The molecule has 0 radical (unpaired) electrons. The summed E-state index contributed by atoms with van der Waals surface area (Å²) in [7, 11) is 0. The second kappa shape index (κ2) is 7.50. The van der Waals surface area contributed by atoms with Crippen molar-refractivity contribution < 1.29 is 14.3 Å². The number of nitrogens with two attached hydrogens (primary N) is 1. The summed E-state index contributed by atoms with van der Waals surface area (Å²) in [6, 6.07) is 11.4. The van der Waals surface area contributed by atoms with Crippen LogP contribution in [-0.4, -0.2) is 18.0 Å². The van der Waals surface area contributed by atoms with E-state index in [0.29, 0.717) is 16.9 Å². The quantitative estimate of drug-likeness (QED) is 0.784. The molecule has 0 unspecified atom stereocenters. The summed E-state index contributed by atoms with van der Waals surface area (Å²) in [4.78, 5) is 23.3.